The maximum atomic E-state index is 12.0. The molecule has 0 aliphatic carbocycles. The third-order valence-corrected chi connectivity index (χ3v) is 3.11. The lowest BCUT2D eigenvalue weighted by molar-refractivity contribution is -0.151. The van der Waals surface area contributed by atoms with Gasteiger partial charge in [-0.25, -0.2) is 0 Å². The van der Waals surface area contributed by atoms with Crippen molar-refractivity contribution < 1.29 is 9.53 Å². The summed E-state index contributed by atoms with van der Waals surface area (Å²) in [6.07, 6.45) is 2.53. The molecule has 2 unspecified atom stereocenters. The van der Waals surface area contributed by atoms with Gasteiger partial charge in [0.25, 0.3) is 0 Å². The Morgan fingerprint density at radius 2 is 1.94 bits per heavy atom. The minimum atomic E-state index is -0.177. The molecule has 0 spiro atoms. The molecule has 1 aromatic rings. The summed E-state index contributed by atoms with van der Waals surface area (Å²) >= 11 is 0. The normalized spacial score (nSPS) is 13.9. The third kappa shape index (κ3) is 4.49. The predicted molar refractivity (Wildman–Crippen MR) is 72.9 cm³/mol. The smallest absolute Gasteiger partial charge is 0.310 e. The zero-order valence-corrected chi connectivity index (χ0v) is 11.3. The zero-order chi connectivity index (χ0) is 13.4. The minimum absolute atomic E-state index is 0.103. The summed E-state index contributed by atoms with van der Waals surface area (Å²) in [5.74, 6) is -0.348. The van der Waals surface area contributed by atoms with E-state index in [2.05, 4.69) is 6.92 Å². The summed E-state index contributed by atoms with van der Waals surface area (Å²) < 4.78 is 5.35. The van der Waals surface area contributed by atoms with Crippen molar-refractivity contribution in [2.24, 2.45) is 11.7 Å². The first kappa shape index (κ1) is 14.7. The van der Waals surface area contributed by atoms with Gasteiger partial charge >= 0.3 is 5.97 Å². The first-order valence-electron chi connectivity index (χ1n) is 6.65. The molecule has 0 amide bonds. The summed E-state index contributed by atoms with van der Waals surface area (Å²) in [7, 11) is 0. The Kier molecular flexibility index (Phi) is 6.44. The molecule has 100 valence electrons. The zero-order valence-electron chi connectivity index (χ0n) is 11.3. The highest BCUT2D eigenvalue weighted by molar-refractivity contribution is 5.73. The number of esters is 1. The van der Waals surface area contributed by atoms with E-state index in [4.69, 9.17) is 10.5 Å². The van der Waals surface area contributed by atoms with Crippen LogP contribution in [0, 0.1) is 5.92 Å². The highest BCUT2D eigenvalue weighted by Crippen LogP contribution is 2.15. The van der Waals surface area contributed by atoms with E-state index in [9.17, 15) is 4.79 Å². The van der Waals surface area contributed by atoms with Crippen LogP contribution >= 0.6 is 0 Å². The van der Waals surface area contributed by atoms with Crippen LogP contribution in [0.25, 0.3) is 0 Å². The van der Waals surface area contributed by atoms with Gasteiger partial charge in [0, 0.05) is 6.04 Å². The molecule has 3 heteroatoms. The topological polar surface area (TPSA) is 52.3 Å². The van der Waals surface area contributed by atoms with Crippen molar-refractivity contribution in [1.82, 2.24) is 0 Å². The molecule has 0 fully saturated rings. The summed E-state index contributed by atoms with van der Waals surface area (Å²) in [6.45, 7) is 4.38. The second-order valence-corrected chi connectivity index (χ2v) is 4.56. The lowest BCUT2D eigenvalue weighted by atomic mass is 9.94. The molecule has 0 aliphatic rings. The quantitative estimate of drug-likeness (QED) is 0.756. The molecule has 0 bridgehead atoms. The van der Waals surface area contributed by atoms with Crippen molar-refractivity contribution in [3.05, 3.63) is 35.9 Å². The first-order valence-corrected chi connectivity index (χ1v) is 6.65. The standard InChI is InChI=1S/C15H23NO2/c1-3-8-13(14(16)4-2)15(17)18-11-12-9-6-5-7-10-12/h5-7,9-10,13-14H,3-4,8,11,16H2,1-2H3. The average Bonchev–Trinajstić information content (AvgIpc) is 2.42. The Morgan fingerprint density at radius 1 is 1.28 bits per heavy atom. The predicted octanol–water partition coefficient (Wildman–Crippen LogP) is 2.88. The van der Waals surface area contributed by atoms with Crippen LogP contribution in [0.15, 0.2) is 30.3 Å². The monoisotopic (exact) mass is 249 g/mol. The first-order chi connectivity index (χ1) is 8.69. The van der Waals surface area contributed by atoms with E-state index >= 15 is 0 Å². The summed E-state index contributed by atoms with van der Waals surface area (Å²) in [5, 5.41) is 0. The van der Waals surface area contributed by atoms with Crippen molar-refractivity contribution >= 4 is 5.97 Å². The van der Waals surface area contributed by atoms with Crippen LogP contribution in [0.4, 0.5) is 0 Å². The summed E-state index contributed by atoms with van der Waals surface area (Å²) in [5.41, 5.74) is 6.98. The number of rotatable bonds is 7. The van der Waals surface area contributed by atoms with Crippen LogP contribution in [-0.2, 0) is 16.1 Å². The van der Waals surface area contributed by atoms with E-state index in [1.54, 1.807) is 0 Å². The molecule has 1 rings (SSSR count). The summed E-state index contributed by atoms with van der Waals surface area (Å²) in [6, 6.07) is 9.60. The van der Waals surface area contributed by atoms with Crippen molar-refractivity contribution in [2.45, 2.75) is 45.8 Å². The molecular weight excluding hydrogens is 226 g/mol. The molecule has 0 heterocycles. The van der Waals surface area contributed by atoms with Gasteiger partial charge in [-0.15, -0.1) is 0 Å². The molecule has 0 saturated carbocycles. The molecule has 3 nitrogen and oxygen atoms in total. The molecule has 0 saturated heterocycles. The second-order valence-electron chi connectivity index (χ2n) is 4.56. The van der Waals surface area contributed by atoms with Crippen LogP contribution in [-0.4, -0.2) is 12.0 Å². The Bertz CT molecular complexity index is 351. The molecule has 0 aromatic heterocycles. The number of benzene rings is 1. The van der Waals surface area contributed by atoms with Gasteiger partial charge in [-0.3, -0.25) is 4.79 Å². The third-order valence-electron chi connectivity index (χ3n) is 3.11. The van der Waals surface area contributed by atoms with Gasteiger partial charge in [0.1, 0.15) is 6.61 Å². The van der Waals surface area contributed by atoms with E-state index in [1.807, 2.05) is 37.3 Å². The second kappa shape index (κ2) is 7.88. The van der Waals surface area contributed by atoms with E-state index in [-0.39, 0.29) is 17.9 Å². The van der Waals surface area contributed by atoms with Crippen molar-refractivity contribution in [1.29, 1.82) is 0 Å². The minimum Gasteiger partial charge on any atom is -0.461 e. The number of hydrogen-bond donors (Lipinski definition) is 1. The van der Waals surface area contributed by atoms with Crippen molar-refractivity contribution in [2.75, 3.05) is 0 Å². The number of nitrogens with two attached hydrogens (primary N) is 1. The van der Waals surface area contributed by atoms with Crippen LogP contribution in [0.5, 0.6) is 0 Å². The van der Waals surface area contributed by atoms with E-state index < -0.39 is 0 Å². The highest BCUT2D eigenvalue weighted by Gasteiger charge is 2.24. The SMILES string of the molecule is CCCC(C(=O)OCc1ccccc1)C(N)CC. The van der Waals surface area contributed by atoms with Gasteiger partial charge in [0.15, 0.2) is 0 Å². The Labute approximate surface area is 109 Å². The number of hydrogen-bond acceptors (Lipinski definition) is 3. The van der Waals surface area contributed by atoms with Gasteiger partial charge in [0.2, 0.25) is 0 Å². The fraction of sp³-hybridized carbons (Fsp3) is 0.533. The average molecular weight is 249 g/mol. The number of carbonyl (C=O) groups excluding carboxylic acids is 1. The van der Waals surface area contributed by atoms with Crippen molar-refractivity contribution in [3.8, 4) is 0 Å². The Balaban J connectivity index is 2.51. The van der Waals surface area contributed by atoms with E-state index in [0.29, 0.717) is 6.61 Å². The number of ether oxygens (including phenoxy) is 1. The van der Waals surface area contributed by atoms with Gasteiger partial charge < -0.3 is 10.5 Å². The van der Waals surface area contributed by atoms with E-state index in [1.165, 1.54) is 0 Å². The molecule has 2 atom stereocenters. The number of carbonyl (C=O) groups is 1. The Morgan fingerprint density at radius 3 is 2.50 bits per heavy atom. The lowest BCUT2D eigenvalue weighted by Crippen LogP contribution is -2.36. The maximum absolute atomic E-state index is 12.0. The van der Waals surface area contributed by atoms with Gasteiger partial charge in [0.05, 0.1) is 5.92 Å². The van der Waals surface area contributed by atoms with Crippen LogP contribution in [0.3, 0.4) is 0 Å². The highest BCUT2D eigenvalue weighted by atomic mass is 16.5. The summed E-state index contributed by atoms with van der Waals surface area (Å²) in [4.78, 5) is 12.0. The largest absolute Gasteiger partial charge is 0.461 e. The van der Waals surface area contributed by atoms with Gasteiger partial charge in [-0.05, 0) is 18.4 Å². The van der Waals surface area contributed by atoms with Crippen molar-refractivity contribution in [3.63, 3.8) is 0 Å². The van der Waals surface area contributed by atoms with Crippen LogP contribution in [0.1, 0.15) is 38.7 Å². The molecular formula is C15H23NO2. The molecule has 0 radical (unpaired) electrons. The fourth-order valence-electron chi connectivity index (χ4n) is 1.94. The van der Waals surface area contributed by atoms with Gasteiger partial charge in [-0.1, -0.05) is 50.6 Å². The van der Waals surface area contributed by atoms with E-state index in [0.717, 1.165) is 24.8 Å². The maximum Gasteiger partial charge on any atom is 0.310 e. The molecule has 1 aromatic carbocycles. The van der Waals surface area contributed by atoms with Crippen LogP contribution < -0.4 is 5.73 Å². The Hall–Kier alpha value is -1.35. The molecule has 18 heavy (non-hydrogen) atoms. The fourth-order valence-corrected chi connectivity index (χ4v) is 1.94. The molecule has 0 aliphatic heterocycles. The van der Waals surface area contributed by atoms with Gasteiger partial charge in [-0.2, -0.15) is 0 Å². The molecule has 2 N–H and O–H groups in total. The lowest BCUT2D eigenvalue weighted by Gasteiger charge is -2.20. The van der Waals surface area contributed by atoms with Crippen LogP contribution in [0.2, 0.25) is 0 Å².